The Morgan fingerprint density at radius 3 is 2.36 bits per heavy atom. The summed E-state index contributed by atoms with van der Waals surface area (Å²) in [6.07, 6.45) is 6.25. The molecule has 0 radical (unpaired) electrons. The van der Waals surface area contributed by atoms with E-state index in [0.717, 1.165) is 5.56 Å². The largest absolute Gasteiger partial charge is 0.366 e. The Kier molecular flexibility index (Phi) is 6.72. The molecule has 2 N–H and O–H groups in total. The Labute approximate surface area is 144 Å². The smallest absolute Gasteiger partial charge is 0.250 e. The first kappa shape index (κ1) is 19.3. The molecule has 124 valence electrons. The van der Waals surface area contributed by atoms with Gasteiger partial charge in [0.1, 0.15) is 0 Å². The zero-order valence-corrected chi connectivity index (χ0v) is 15.1. The molecule has 1 aliphatic carbocycles. The summed E-state index contributed by atoms with van der Waals surface area (Å²) in [7, 11) is 4.17. The van der Waals surface area contributed by atoms with Crippen LogP contribution in [0.1, 0.15) is 54.9 Å². The fraction of sp³-hybridized carbons (Fsp3) is 0.588. The Morgan fingerprint density at radius 2 is 1.86 bits per heavy atom. The van der Waals surface area contributed by atoms with Crippen molar-refractivity contribution in [2.45, 2.75) is 44.6 Å². The van der Waals surface area contributed by atoms with Gasteiger partial charge in [-0.3, -0.25) is 9.69 Å². The first-order valence-corrected chi connectivity index (χ1v) is 8.03. The lowest BCUT2D eigenvalue weighted by Crippen LogP contribution is -2.46. The van der Waals surface area contributed by atoms with Gasteiger partial charge in [-0.1, -0.05) is 43.0 Å². The van der Waals surface area contributed by atoms with E-state index < -0.39 is 5.91 Å². The number of hydrogen-bond acceptors (Lipinski definition) is 2. The molecule has 1 unspecified atom stereocenters. The van der Waals surface area contributed by atoms with Crippen molar-refractivity contribution in [3.05, 3.63) is 34.3 Å². The van der Waals surface area contributed by atoms with Crippen LogP contribution in [0.15, 0.2) is 18.2 Å². The molecular weight excluding hydrogens is 319 g/mol. The van der Waals surface area contributed by atoms with Gasteiger partial charge in [-0.15, -0.1) is 12.4 Å². The van der Waals surface area contributed by atoms with Gasteiger partial charge in [0.2, 0.25) is 5.91 Å². The van der Waals surface area contributed by atoms with Crippen LogP contribution in [0.25, 0.3) is 0 Å². The van der Waals surface area contributed by atoms with Crippen molar-refractivity contribution < 1.29 is 4.79 Å². The molecule has 1 saturated carbocycles. The maximum atomic E-state index is 11.6. The van der Waals surface area contributed by atoms with E-state index in [1.165, 1.54) is 32.1 Å². The van der Waals surface area contributed by atoms with Crippen LogP contribution < -0.4 is 5.73 Å². The molecule has 0 bridgehead atoms. The van der Waals surface area contributed by atoms with Crippen LogP contribution in [0, 0.1) is 5.92 Å². The summed E-state index contributed by atoms with van der Waals surface area (Å²) in [5.74, 6) is 0.0773. The lowest BCUT2D eigenvalue weighted by Gasteiger charge is -2.46. The van der Waals surface area contributed by atoms with Gasteiger partial charge in [-0.05, 0) is 51.4 Å². The molecule has 2 rings (SSSR count). The van der Waals surface area contributed by atoms with E-state index in [-0.39, 0.29) is 17.9 Å². The summed E-state index contributed by atoms with van der Waals surface area (Å²) in [4.78, 5) is 13.8. The van der Waals surface area contributed by atoms with E-state index >= 15 is 0 Å². The molecule has 22 heavy (non-hydrogen) atoms. The van der Waals surface area contributed by atoms with E-state index in [9.17, 15) is 4.79 Å². The third-order valence-electron chi connectivity index (χ3n) is 5.14. The van der Waals surface area contributed by atoms with E-state index in [1.54, 1.807) is 6.07 Å². The van der Waals surface area contributed by atoms with Gasteiger partial charge in [0.05, 0.1) is 10.6 Å². The number of benzene rings is 1. The SMILES string of the molecule is CN(C)C(C)(c1cccc(C(N)=O)c1Cl)C1CCCCC1.Cl. The highest BCUT2D eigenvalue weighted by Gasteiger charge is 2.40. The van der Waals surface area contributed by atoms with Gasteiger partial charge in [0, 0.05) is 5.54 Å². The summed E-state index contributed by atoms with van der Waals surface area (Å²) in [6, 6.07) is 5.61. The minimum Gasteiger partial charge on any atom is -0.366 e. The number of carbonyl (C=O) groups is 1. The predicted molar refractivity (Wildman–Crippen MR) is 94.8 cm³/mol. The number of nitrogens with two attached hydrogens (primary N) is 1. The van der Waals surface area contributed by atoms with Crippen LogP contribution in [-0.4, -0.2) is 24.9 Å². The minimum atomic E-state index is -0.466. The molecule has 1 aromatic rings. The monoisotopic (exact) mass is 344 g/mol. The molecule has 0 spiro atoms. The maximum Gasteiger partial charge on any atom is 0.250 e. The Morgan fingerprint density at radius 1 is 1.27 bits per heavy atom. The topological polar surface area (TPSA) is 46.3 Å². The lowest BCUT2D eigenvalue weighted by molar-refractivity contribution is 0.0688. The van der Waals surface area contributed by atoms with Crippen molar-refractivity contribution in [1.82, 2.24) is 4.90 Å². The first-order chi connectivity index (χ1) is 9.89. The second-order valence-corrected chi connectivity index (χ2v) is 6.79. The third-order valence-corrected chi connectivity index (χ3v) is 5.55. The number of primary amides is 1. The Balaban J connectivity index is 0.00000242. The number of nitrogens with zero attached hydrogens (tertiary/aromatic N) is 1. The van der Waals surface area contributed by atoms with Crippen molar-refractivity contribution in [2.75, 3.05) is 14.1 Å². The quantitative estimate of drug-likeness (QED) is 0.888. The summed E-state index contributed by atoms with van der Waals surface area (Å²) >= 11 is 6.52. The van der Waals surface area contributed by atoms with Crippen molar-refractivity contribution in [2.24, 2.45) is 11.7 Å². The fourth-order valence-electron chi connectivity index (χ4n) is 3.60. The van der Waals surface area contributed by atoms with Crippen molar-refractivity contribution in [3.8, 4) is 0 Å². The minimum absolute atomic E-state index is 0. The molecule has 1 fully saturated rings. The van der Waals surface area contributed by atoms with Gasteiger partial charge in [-0.2, -0.15) is 0 Å². The van der Waals surface area contributed by atoms with Crippen LogP contribution in [-0.2, 0) is 5.54 Å². The van der Waals surface area contributed by atoms with Gasteiger partial charge >= 0.3 is 0 Å². The normalized spacial score (nSPS) is 18.6. The van der Waals surface area contributed by atoms with E-state index in [2.05, 4.69) is 25.9 Å². The average Bonchev–Trinajstić information content (AvgIpc) is 2.47. The zero-order chi connectivity index (χ0) is 15.6. The van der Waals surface area contributed by atoms with Crippen LogP contribution in [0.4, 0.5) is 0 Å². The number of halogens is 2. The zero-order valence-electron chi connectivity index (χ0n) is 13.6. The van der Waals surface area contributed by atoms with Gasteiger partial charge < -0.3 is 5.73 Å². The number of rotatable bonds is 4. The molecule has 0 heterocycles. The second-order valence-electron chi connectivity index (χ2n) is 6.41. The van der Waals surface area contributed by atoms with Crippen molar-refractivity contribution in [1.29, 1.82) is 0 Å². The summed E-state index contributed by atoms with van der Waals surface area (Å²) in [5.41, 5.74) is 6.69. The molecule has 1 amide bonds. The number of carbonyl (C=O) groups excluding carboxylic acids is 1. The molecule has 1 atom stereocenters. The molecule has 5 heteroatoms. The van der Waals surface area contributed by atoms with E-state index in [1.807, 2.05) is 12.1 Å². The molecule has 0 aliphatic heterocycles. The predicted octanol–water partition coefficient (Wildman–Crippen LogP) is 4.22. The highest BCUT2D eigenvalue weighted by atomic mass is 35.5. The van der Waals surface area contributed by atoms with Crippen molar-refractivity contribution >= 4 is 29.9 Å². The maximum absolute atomic E-state index is 11.6. The Bertz CT molecular complexity index is 527. The highest BCUT2D eigenvalue weighted by Crippen LogP contribution is 2.45. The van der Waals surface area contributed by atoms with Crippen LogP contribution in [0.3, 0.4) is 0 Å². The lowest BCUT2D eigenvalue weighted by atomic mass is 9.71. The molecular formula is C17H26Cl2N2O. The van der Waals surface area contributed by atoms with E-state index in [4.69, 9.17) is 17.3 Å². The summed E-state index contributed by atoms with van der Waals surface area (Å²) in [5, 5.41) is 0.506. The van der Waals surface area contributed by atoms with Gasteiger partial charge in [0.15, 0.2) is 0 Å². The van der Waals surface area contributed by atoms with Crippen LogP contribution in [0.5, 0.6) is 0 Å². The second kappa shape index (κ2) is 7.67. The summed E-state index contributed by atoms with van der Waals surface area (Å²) < 4.78 is 0. The summed E-state index contributed by atoms with van der Waals surface area (Å²) in [6.45, 7) is 2.23. The third kappa shape index (κ3) is 3.42. The number of hydrogen-bond donors (Lipinski definition) is 1. The van der Waals surface area contributed by atoms with Crippen LogP contribution >= 0.6 is 24.0 Å². The highest BCUT2D eigenvalue weighted by molar-refractivity contribution is 6.34. The molecule has 1 aliphatic rings. The number of amides is 1. The molecule has 0 saturated heterocycles. The first-order valence-electron chi connectivity index (χ1n) is 7.65. The fourth-order valence-corrected chi connectivity index (χ4v) is 4.01. The van der Waals surface area contributed by atoms with Gasteiger partial charge in [0.25, 0.3) is 0 Å². The van der Waals surface area contributed by atoms with E-state index in [0.29, 0.717) is 16.5 Å². The standard InChI is InChI=1S/C17H25ClN2O.ClH/c1-17(20(2)3,12-8-5-4-6-9-12)14-11-7-10-13(15(14)18)16(19)21;/h7,10-12H,4-6,8-9H2,1-3H3,(H2,19,21);1H. The van der Waals surface area contributed by atoms with Crippen molar-refractivity contribution in [3.63, 3.8) is 0 Å². The Hall–Kier alpha value is -0.770. The molecule has 0 aromatic heterocycles. The molecule has 3 nitrogen and oxygen atoms in total. The average molecular weight is 345 g/mol. The molecule has 1 aromatic carbocycles. The van der Waals surface area contributed by atoms with Gasteiger partial charge in [-0.25, -0.2) is 0 Å². The van der Waals surface area contributed by atoms with Crippen LogP contribution in [0.2, 0.25) is 5.02 Å².